The minimum atomic E-state index is -1.09. The molecule has 0 aliphatic rings. The van der Waals surface area contributed by atoms with Crippen LogP contribution >= 0.6 is 15.9 Å². The highest BCUT2D eigenvalue weighted by atomic mass is 79.9. The summed E-state index contributed by atoms with van der Waals surface area (Å²) < 4.78 is 31.8. The molecule has 0 unspecified atom stereocenters. The van der Waals surface area contributed by atoms with Crippen LogP contribution in [0.25, 0.3) is 0 Å². The van der Waals surface area contributed by atoms with Crippen molar-refractivity contribution in [2.75, 3.05) is 0 Å². The van der Waals surface area contributed by atoms with Gasteiger partial charge in [-0.15, -0.1) is 0 Å². The average Bonchev–Trinajstić information content (AvgIpc) is 2.44. The third-order valence-corrected chi connectivity index (χ3v) is 3.40. The molecule has 1 aromatic heterocycles. The summed E-state index contributed by atoms with van der Waals surface area (Å²) in [6, 6.07) is 3.65. The molecule has 0 fully saturated rings. The summed E-state index contributed by atoms with van der Waals surface area (Å²) in [4.78, 5) is 16.3. The van der Waals surface area contributed by atoms with Crippen molar-refractivity contribution in [3.8, 4) is 5.75 Å². The van der Waals surface area contributed by atoms with Gasteiger partial charge in [0.25, 0.3) is 0 Å². The van der Waals surface area contributed by atoms with Gasteiger partial charge < -0.3 is 4.74 Å². The van der Waals surface area contributed by atoms with Gasteiger partial charge in [0.1, 0.15) is 5.75 Å². The Labute approximate surface area is 129 Å². The Morgan fingerprint density at radius 2 is 2.00 bits per heavy atom. The Kier molecular flexibility index (Phi) is 4.67. The first-order valence-corrected chi connectivity index (χ1v) is 6.99. The van der Waals surface area contributed by atoms with Crippen LogP contribution < -0.4 is 4.74 Å². The number of halogens is 3. The number of pyridine rings is 1. The van der Waals surface area contributed by atoms with E-state index in [1.165, 1.54) is 24.5 Å². The number of hydrogen-bond acceptors (Lipinski definition) is 3. The van der Waals surface area contributed by atoms with E-state index in [0.29, 0.717) is 5.75 Å². The molecule has 0 atom stereocenters. The minimum Gasteiger partial charge on any atom is -0.489 e. The standard InChI is InChI=1S/C15H12BrF2NO2/c1-8(2)21-10-5-9(6-19-7-10)15(20)11-3-4-12(17)14(18)13(11)16/h3-8H,1-2H3. The van der Waals surface area contributed by atoms with E-state index >= 15 is 0 Å². The largest absolute Gasteiger partial charge is 0.489 e. The second-order valence-corrected chi connectivity index (χ2v) is 5.42. The van der Waals surface area contributed by atoms with E-state index in [1.807, 2.05) is 13.8 Å². The van der Waals surface area contributed by atoms with Gasteiger partial charge in [-0.2, -0.15) is 0 Å². The molecule has 0 aliphatic heterocycles. The van der Waals surface area contributed by atoms with Crippen LogP contribution in [-0.4, -0.2) is 16.9 Å². The first-order valence-electron chi connectivity index (χ1n) is 6.20. The van der Waals surface area contributed by atoms with Crippen LogP contribution in [0.5, 0.6) is 5.75 Å². The van der Waals surface area contributed by atoms with Crippen molar-refractivity contribution >= 4 is 21.7 Å². The summed E-state index contributed by atoms with van der Waals surface area (Å²) >= 11 is 2.90. The molecule has 0 radical (unpaired) electrons. The molecule has 0 saturated heterocycles. The molecule has 6 heteroatoms. The van der Waals surface area contributed by atoms with E-state index in [2.05, 4.69) is 20.9 Å². The smallest absolute Gasteiger partial charge is 0.195 e. The molecule has 1 heterocycles. The second kappa shape index (κ2) is 6.30. The zero-order chi connectivity index (χ0) is 15.6. The Hall–Kier alpha value is -1.82. The quantitative estimate of drug-likeness (QED) is 0.611. The molecular weight excluding hydrogens is 344 g/mol. The zero-order valence-corrected chi connectivity index (χ0v) is 12.9. The molecule has 0 bridgehead atoms. The van der Waals surface area contributed by atoms with Crippen molar-refractivity contribution in [2.45, 2.75) is 20.0 Å². The topological polar surface area (TPSA) is 39.2 Å². The van der Waals surface area contributed by atoms with E-state index in [0.717, 1.165) is 6.07 Å². The summed E-state index contributed by atoms with van der Waals surface area (Å²) in [5.74, 6) is -2.14. The van der Waals surface area contributed by atoms with E-state index in [4.69, 9.17) is 4.74 Å². The van der Waals surface area contributed by atoms with Gasteiger partial charge in [0.2, 0.25) is 0 Å². The molecule has 110 valence electrons. The fourth-order valence-corrected chi connectivity index (χ4v) is 2.24. The van der Waals surface area contributed by atoms with Crippen LogP contribution in [0.4, 0.5) is 8.78 Å². The summed E-state index contributed by atoms with van der Waals surface area (Å²) in [5.41, 5.74) is 0.261. The highest BCUT2D eigenvalue weighted by Gasteiger charge is 2.19. The Morgan fingerprint density at radius 1 is 1.29 bits per heavy atom. The van der Waals surface area contributed by atoms with Crippen LogP contribution in [0.1, 0.15) is 29.8 Å². The van der Waals surface area contributed by atoms with Crippen molar-refractivity contribution < 1.29 is 18.3 Å². The minimum absolute atomic E-state index is 0.0254. The van der Waals surface area contributed by atoms with Gasteiger partial charge in [-0.3, -0.25) is 9.78 Å². The maximum absolute atomic E-state index is 13.5. The zero-order valence-electron chi connectivity index (χ0n) is 11.4. The van der Waals surface area contributed by atoms with E-state index in [-0.39, 0.29) is 21.7 Å². The van der Waals surface area contributed by atoms with Crippen LogP contribution in [0.15, 0.2) is 35.1 Å². The lowest BCUT2D eigenvalue weighted by Crippen LogP contribution is -2.08. The number of nitrogens with zero attached hydrogens (tertiary/aromatic N) is 1. The lowest BCUT2D eigenvalue weighted by Gasteiger charge is -2.10. The van der Waals surface area contributed by atoms with Crippen LogP contribution in [0.2, 0.25) is 0 Å². The summed E-state index contributed by atoms with van der Waals surface area (Å²) in [5, 5.41) is 0. The van der Waals surface area contributed by atoms with Crippen molar-refractivity contribution in [3.05, 3.63) is 57.8 Å². The molecule has 0 saturated carbocycles. The Balaban J connectivity index is 2.39. The van der Waals surface area contributed by atoms with E-state index in [1.54, 1.807) is 0 Å². The highest BCUT2D eigenvalue weighted by Crippen LogP contribution is 2.26. The SMILES string of the molecule is CC(C)Oc1cncc(C(=O)c2ccc(F)c(F)c2Br)c1. The first kappa shape index (κ1) is 15.6. The second-order valence-electron chi connectivity index (χ2n) is 4.63. The number of aromatic nitrogens is 1. The highest BCUT2D eigenvalue weighted by molar-refractivity contribution is 9.10. The molecule has 2 aromatic rings. The lowest BCUT2D eigenvalue weighted by molar-refractivity contribution is 0.103. The molecule has 0 aliphatic carbocycles. The maximum Gasteiger partial charge on any atom is 0.195 e. The van der Waals surface area contributed by atoms with E-state index in [9.17, 15) is 13.6 Å². The van der Waals surface area contributed by atoms with Crippen molar-refractivity contribution in [3.63, 3.8) is 0 Å². The average molecular weight is 356 g/mol. The number of carbonyl (C=O) groups is 1. The third-order valence-electron chi connectivity index (χ3n) is 2.63. The number of hydrogen-bond donors (Lipinski definition) is 0. The summed E-state index contributed by atoms with van der Waals surface area (Å²) in [7, 11) is 0. The van der Waals surface area contributed by atoms with Crippen molar-refractivity contribution in [2.24, 2.45) is 0 Å². The number of rotatable bonds is 4. The van der Waals surface area contributed by atoms with Gasteiger partial charge >= 0.3 is 0 Å². The molecular formula is C15H12BrF2NO2. The predicted molar refractivity (Wildman–Crippen MR) is 77.5 cm³/mol. The number of ether oxygens (including phenoxy) is 1. The predicted octanol–water partition coefficient (Wildman–Crippen LogP) is 4.14. The Morgan fingerprint density at radius 3 is 2.67 bits per heavy atom. The molecule has 2 rings (SSSR count). The number of ketones is 1. The van der Waals surface area contributed by atoms with Crippen LogP contribution in [0.3, 0.4) is 0 Å². The number of benzene rings is 1. The van der Waals surface area contributed by atoms with Crippen molar-refractivity contribution in [1.82, 2.24) is 4.98 Å². The monoisotopic (exact) mass is 355 g/mol. The van der Waals surface area contributed by atoms with Gasteiger partial charge in [0.15, 0.2) is 17.4 Å². The van der Waals surface area contributed by atoms with Crippen LogP contribution in [-0.2, 0) is 0 Å². The van der Waals surface area contributed by atoms with Gasteiger partial charge in [0.05, 0.1) is 16.8 Å². The number of carbonyl (C=O) groups excluding carboxylic acids is 1. The molecule has 1 aromatic carbocycles. The Bertz CT molecular complexity index is 689. The molecule has 21 heavy (non-hydrogen) atoms. The van der Waals surface area contributed by atoms with Crippen molar-refractivity contribution in [1.29, 1.82) is 0 Å². The fraction of sp³-hybridized carbons (Fsp3) is 0.200. The summed E-state index contributed by atoms with van der Waals surface area (Å²) in [6.07, 6.45) is 2.77. The van der Waals surface area contributed by atoms with Crippen LogP contribution in [0, 0.1) is 11.6 Å². The van der Waals surface area contributed by atoms with Gasteiger partial charge in [-0.05, 0) is 48.0 Å². The van der Waals surface area contributed by atoms with Gasteiger partial charge in [0, 0.05) is 17.3 Å². The molecule has 0 N–H and O–H groups in total. The lowest BCUT2D eigenvalue weighted by atomic mass is 10.0. The maximum atomic E-state index is 13.5. The van der Waals surface area contributed by atoms with Gasteiger partial charge in [-0.1, -0.05) is 0 Å². The van der Waals surface area contributed by atoms with E-state index < -0.39 is 17.4 Å². The molecule has 0 spiro atoms. The van der Waals surface area contributed by atoms with Gasteiger partial charge in [-0.25, -0.2) is 8.78 Å². The molecule has 3 nitrogen and oxygen atoms in total. The molecule has 0 amide bonds. The fourth-order valence-electron chi connectivity index (χ4n) is 1.74. The third kappa shape index (κ3) is 3.44. The summed E-state index contributed by atoms with van der Waals surface area (Å²) in [6.45, 7) is 3.70. The first-order chi connectivity index (χ1) is 9.90. The normalized spacial score (nSPS) is 10.8.